The maximum absolute atomic E-state index is 12.9. The molecule has 3 aromatic carbocycles. The molecule has 2 amide bonds. The number of carboxylic acids is 1. The van der Waals surface area contributed by atoms with Crippen LogP contribution in [0.4, 0.5) is 10.5 Å². The Hall–Kier alpha value is -3.75. The van der Waals surface area contributed by atoms with Gasteiger partial charge in [-0.1, -0.05) is 35.9 Å². The minimum atomic E-state index is -0.989. The summed E-state index contributed by atoms with van der Waals surface area (Å²) in [6.07, 6.45) is 1.63. The largest absolute Gasteiger partial charge is 0.490 e. The Morgan fingerprint density at radius 2 is 1.80 bits per heavy atom. The van der Waals surface area contributed by atoms with Gasteiger partial charge >= 0.3 is 5.97 Å². The fourth-order valence-corrected chi connectivity index (χ4v) is 4.39. The third-order valence-electron chi connectivity index (χ3n) is 5.02. The number of aromatic carboxylic acids is 1. The van der Waals surface area contributed by atoms with Crippen LogP contribution in [-0.2, 0) is 11.4 Å². The maximum atomic E-state index is 12.9. The number of carboxylic acid groups (broad SMARTS) is 1. The Kier molecular flexibility index (Phi) is 7.43. The highest BCUT2D eigenvalue weighted by Crippen LogP contribution is 2.37. The van der Waals surface area contributed by atoms with Crippen LogP contribution in [0.2, 0.25) is 5.02 Å². The molecule has 0 unspecified atom stereocenters. The summed E-state index contributed by atoms with van der Waals surface area (Å²) in [7, 11) is 0. The fraction of sp³-hybridized carbons (Fsp3) is 0.115. The second-order valence-electron chi connectivity index (χ2n) is 7.43. The molecule has 35 heavy (non-hydrogen) atoms. The zero-order chi connectivity index (χ0) is 24.9. The number of carbonyl (C=O) groups is 3. The van der Waals surface area contributed by atoms with Gasteiger partial charge in [0, 0.05) is 5.02 Å². The van der Waals surface area contributed by atoms with Crippen LogP contribution in [0.3, 0.4) is 0 Å². The molecule has 1 aliphatic rings. The van der Waals surface area contributed by atoms with Crippen LogP contribution in [0.5, 0.6) is 11.5 Å². The fourth-order valence-electron chi connectivity index (χ4n) is 3.36. The van der Waals surface area contributed by atoms with E-state index in [9.17, 15) is 14.4 Å². The van der Waals surface area contributed by atoms with Gasteiger partial charge in [0.05, 0.1) is 22.8 Å². The van der Waals surface area contributed by atoms with Crippen LogP contribution >= 0.6 is 23.4 Å². The van der Waals surface area contributed by atoms with Crippen LogP contribution in [-0.4, -0.2) is 28.8 Å². The average Bonchev–Trinajstić information content (AvgIpc) is 3.11. The molecule has 0 saturated carbocycles. The normalized spacial score (nSPS) is 14.5. The van der Waals surface area contributed by atoms with E-state index in [2.05, 4.69) is 0 Å². The summed E-state index contributed by atoms with van der Waals surface area (Å²) < 4.78 is 11.6. The number of amides is 2. The van der Waals surface area contributed by atoms with Gasteiger partial charge in [0.15, 0.2) is 11.5 Å². The second kappa shape index (κ2) is 10.7. The lowest BCUT2D eigenvalue weighted by atomic mass is 10.1. The van der Waals surface area contributed by atoms with Gasteiger partial charge in [0.2, 0.25) is 0 Å². The summed E-state index contributed by atoms with van der Waals surface area (Å²) in [5.74, 6) is -0.432. The summed E-state index contributed by atoms with van der Waals surface area (Å²) in [6, 6.07) is 18.2. The first-order chi connectivity index (χ1) is 16.9. The highest BCUT2D eigenvalue weighted by Gasteiger charge is 2.36. The Morgan fingerprint density at radius 1 is 1.03 bits per heavy atom. The topological polar surface area (TPSA) is 93.1 Å². The average molecular weight is 510 g/mol. The van der Waals surface area contributed by atoms with Crippen molar-refractivity contribution in [2.24, 2.45) is 0 Å². The lowest BCUT2D eigenvalue weighted by molar-refractivity contribution is -0.113. The van der Waals surface area contributed by atoms with Gasteiger partial charge < -0.3 is 14.6 Å². The van der Waals surface area contributed by atoms with Gasteiger partial charge in [-0.25, -0.2) is 9.69 Å². The smallest absolute Gasteiger partial charge is 0.335 e. The third kappa shape index (κ3) is 5.67. The number of thioether (sulfide) groups is 1. The van der Waals surface area contributed by atoms with E-state index in [-0.39, 0.29) is 17.1 Å². The number of nitrogens with zero attached hydrogens (tertiary/aromatic N) is 1. The van der Waals surface area contributed by atoms with Crippen LogP contribution < -0.4 is 14.4 Å². The zero-order valence-electron chi connectivity index (χ0n) is 18.6. The third-order valence-corrected chi connectivity index (χ3v) is 6.13. The Morgan fingerprint density at radius 3 is 2.49 bits per heavy atom. The van der Waals surface area contributed by atoms with Gasteiger partial charge in [-0.05, 0) is 78.4 Å². The zero-order valence-corrected chi connectivity index (χ0v) is 20.1. The number of anilines is 1. The summed E-state index contributed by atoms with van der Waals surface area (Å²) in [5, 5.41) is 9.05. The molecule has 1 N–H and O–H groups in total. The van der Waals surface area contributed by atoms with E-state index < -0.39 is 17.1 Å². The van der Waals surface area contributed by atoms with E-state index in [0.29, 0.717) is 34.4 Å². The van der Waals surface area contributed by atoms with Crippen molar-refractivity contribution in [1.29, 1.82) is 0 Å². The number of rotatable bonds is 8. The molecule has 0 radical (unpaired) electrons. The van der Waals surface area contributed by atoms with Crippen molar-refractivity contribution in [3.05, 3.63) is 93.3 Å². The molecule has 1 saturated heterocycles. The molecule has 0 bridgehead atoms. The van der Waals surface area contributed by atoms with Crippen molar-refractivity contribution in [3.63, 3.8) is 0 Å². The van der Waals surface area contributed by atoms with Crippen LogP contribution in [0.15, 0.2) is 71.6 Å². The number of carbonyl (C=O) groups excluding carboxylic acids is 2. The molecule has 7 nitrogen and oxygen atoms in total. The lowest BCUT2D eigenvalue weighted by Crippen LogP contribution is -2.27. The summed E-state index contributed by atoms with van der Waals surface area (Å²) in [4.78, 5) is 37.8. The van der Waals surface area contributed by atoms with E-state index in [1.165, 1.54) is 12.1 Å². The Balaban J connectivity index is 1.52. The van der Waals surface area contributed by atoms with Crippen LogP contribution in [0, 0.1) is 0 Å². The maximum Gasteiger partial charge on any atom is 0.335 e. The SMILES string of the molecule is CCOc1cc(/C=C2/SC(=O)N(c3cccc(Cl)c3)C2=O)ccc1OCc1ccc(C(=O)O)cc1. The quantitative estimate of drug-likeness (QED) is 0.358. The highest BCUT2D eigenvalue weighted by molar-refractivity contribution is 8.19. The molecule has 0 atom stereocenters. The van der Waals surface area contributed by atoms with Crippen molar-refractivity contribution >= 4 is 52.2 Å². The van der Waals surface area contributed by atoms with E-state index in [4.69, 9.17) is 26.2 Å². The molecule has 3 aromatic rings. The number of imide groups is 1. The number of benzene rings is 3. The predicted molar refractivity (Wildman–Crippen MR) is 135 cm³/mol. The van der Waals surface area contributed by atoms with Crippen molar-refractivity contribution in [3.8, 4) is 11.5 Å². The molecular formula is C26H20ClNO6S. The molecule has 9 heteroatoms. The second-order valence-corrected chi connectivity index (χ2v) is 8.86. The van der Waals surface area contributed by atoms with Gasteiger partial charge in [-0.15, -0.1) is 0 Å². The van der Waals surface area contributed by atoms with E-state index >= 15 is 0 Å². The molecule has 1 heterocycles. The van der Waals surface area contributed by atoms with Gasteiger partial charge in [0.25, 0.3) is 11.1 Å². The molecule has 0 aliphatic carbocycles. The molecular weight excluding hydrogens is 490 g/mol. The van der Waals surface area contributed by atoms with Crippen molar-refractivity contribution in [1.82, 2.24) is 0 Å². The van der Waals surface area contributed by atoms with Gasteiger partial charge in [0.1, 0.15) is 6.61 Å². The van der Waals surface area contributed by atoms with Crippen LogP contribution in [0.25, 0.3) is 6.08 Å². The predicted octanol–water partition coefficient (Wildman–Crippen LogP) is 6.26. The van der Waals surface area contributed by atoms with E-state index in [1.807, 2.05) is 6.92 Å². The van der Waals surface area contributed by atoms with Crippen molar-refractivity contribution in [2.75, 3.05) is 11.5 Å². The number of hydrogen-bond donors (Lipinski definition) is 1. The standard InChI is InChI=1S/C26H20ClNO6S/c1-2-33-22-12-17(8-11-21(22)34-15-16-6-9-18(10-7-16)25(30)31)13-23-24(29)28(26(32)35-23)20-5-3-4-19(27)14-20/h3-14H,2,15H2,1H3,(H,30,31)/b23-13+. The van der Waals surface area contributed by atoms with Gasteiger partial charge in [-0.3, -0.25) is 9.59 Å². The Labute approximate surface area is 210 Å². The molecule has 178 valence electrons. The van der Waals surface area contributed by atoms with E-state index in [0.717, 1.165) is 22.2 Å². The minimum Gasteiger partial charge on any atom is -0.490 e. The first-order valence-electron chi connectivity index (χ1n) is 10.6. The Bertz CT molecular complexity index is 1320. The molecule has 1 fully saturated rings. The molecule has 0 aromatic heterocycles. The lowest BCUT2D eigenvalue weighted by Gasteiger charge is -2.13. The number of hydrogen-bond acceptors (Lipinski definition) is 6. The van der Waals surface area contributed by atoms with Crippen molar-refractivity contribution in [2.45, 2.75) is 13.5 Å². The highest BCUT2D eigenvalue weighted by atomic mass is 35.5. The molecule has 0 spiro atoms. The first-order valence-corrected chi connectivity index (χ1v) is 11.8. The van der Waals surface area contributed by atoms with E-state index in [1.54, 1.807) is 60.7 Å². The molecule has 1 aliphatic heterocycles. The summed E-state index contributed by atoms with van der Waals surface area (Å²) in [6.45, 7) is 2.47. The van der Waals surface area contributed by atoms with Crippen LogP contribution in [0.1, 0.15) is 28.4 Å². The van der Waals surface area contributed by atoms with Crippen molar-refractivity contribution < 1.29 is 29.0 Å². The first kappa shape index (κ1) is 24.4. The number of halogens is 1. The minimum absolute atomic E-state index is 0.202. The summed E-state index contributed by atoms with van der Waals surface area (Å²) in [5.41, 5.74) is 2.09. The van der Waals surface area contributed by atoms with Gasteiger partial charge in [-0.2, -0.15) is 0 Å². The monoisotopic (exact) mass is 509 g/mol. The number of ether oxygens (including phenoxy) is 2. The molecule has 4 rings (SSSR count). The summed E-state index contributed by atoms with van der Waals surface area (Å²) >= 11 is 6.86.